The zero-order chi connectivity index (χ0) is 11.5. The van der Waals surface area contributed by atoms with Crippen molar-refractivity contribution < 1.29 is 4.74 Å². The van der Waals surface area contributed by atoms with E-state index in [9.17, 15) is 0 Å². The van der Waals surface area contributed by atoms with Gasteiger partial charge in [0.1, 0.15) is 0 Å². The lowest BCUT2D eigenvalue weighted by Gasteiger charge is -2.09. The van der Waals surface area contributed by atoms with Gasteiger partial charge in [0, 0.05) is 12.6 Å². The average molecular weight is 216 g/mol. The normalized spacial score (nSPS) is 11.6. The minimum atomic E-state index is 0.361. The van der Waals surface area contributed by atoms with Crippen molar-refractivity contribution in [1.82, 2.24) is 10.6 Å². The van der Waals surface area contributed by atoms with E-state index in [1.54, 1.807) is 0 Å². The molecule has 0 amide bonds. The Labute approximate surface area is 95.0 Å². The van der Waals surface area contributed by atoms with E-state index in [2.05, 4.69) is 38.3 Å². The lowest BCUT2D eigenvalue weighted by atomic mass is 10.3. The summed E-state index contributed by atoms with van der Waals surface area (Å²) < 4.78 is 5.45. The van der Waals surface area contributed by atoms with Gasteiger partial charge in [-0.2, -0.15) is 0 Å². The van der Waals surface area contributed by atoms with Crippen LogP contribution >= 0.6 is 0 Å². The largest absolute Gasteiger partial charge is 0.379 e. The molecule has 0 unspecified atom stereocenters. The third-order valence-corrected chi connectivity index (χ3v) is 2.03. The van der Waals surface area contributed by atoms with Crippen molar-refractivity contribution in [3.05, 3.63) is 0 Å². The van der Waals surface area contributed by atoms with Crippen LogP contribution in [-0.4, -0.2) is 38.4 Å². The lowest BCUT2D eigenvalue weighted by Crippen LogP contribution is -2.27. The molecule has 0 aromatic carbocycles. The van der Waals surface area contributed by atoms with E-state index in [-0.39, 0.29) is 0 Å². The van der Waals surface area contributed by atoms with E-state index in [1.165, 1.54) is 6.42 Å². The summed E-state index contributed by atoms with van der Waals surface area (Å²) in [7, 11) is 0. The number of hydrogen-bond acceptors (Lipinski definition) is 3. The third-order valence-electron chi connectivity index (χ3n) is 2.03. The minimum Gasteiger partial charge on any atom is -0.379 e. The maximum Gasteiger partial charge on any atom is 0.0518 e. The Morgan fingerprint density at radius 3 is 2.20 bits per heavy atom. The van der Waals surface area contributed by atoms with E-state index < -0.39 is 0 Å². The molecule has 0 radical (unpaired) electrons. The fraction of sp³-hybridized carbons (Fsp3) is 1.00. The van der Waals surface area contributed by atoms with Gasteiger partial charge in [-0.1, -0.05) is 13.8 Å². The maximum atomic E-state index is 5.45. The van der Waals surface area contributed by atoms with E-state index in [0.717, 1.165) is 32.7 Å². The Morgan fingerprint density at radius 1 is 0.933 bits per heavy atom. The van der Waals surface area contributed by atoms with Crippen LogP contribution in [0.5, 0.6) is 0 Å². The molecule has 0 saturated heterocycles. The van der Waals surface area contributed by atoms with Crippen LogP contribution in [0, 0.1) is 0 Å². The fourth-order valence-electron chi connectivity index (χ4n) is 1.25. The standard InChI is InChI=1S/C12H28N2O/c1-11(2)14-9-5-7-13-8-6-10-15-12(3)4/h11-14H,5-10H2,1-4H3. The molecule has 3 nitrogen and oxygen atoms in total. The molecule has 0 heterocycles. The summed E-state index contributed by atoms with van der Waals surface area (Å²) in [4.78, 5) is 0. The zero-order valence-electron chi connectivity index (χ0n) is 10.8. The van der Waals surface area contributed by atoms with Crippen LogP contribution in [-0.2, 0) is 4.74 Å². The number of hydrogen-bond donors (Lipinski definition) is 2. The molecule has 0 bridgehead atoms. The molecular weight excluding hydrogens is 188 g/mol. The van der Waals surface area contributed by atoms with Crippen LogP contribution in [0.2, 0.25) is 0 Å². The summed E-state index contributed by atoms with van der Waals surface area (Å²) in [5.74, 6) is 0. The smallest absolute Gasteiger partial charge is 0.0518 e. The minimum absolute atomic E-state index is 0.361. The molecule has 0 saturated carbocycles. The first-order chi connectivity index (χ1) is 7.13. The van der Waals surface area contributed by atoms with Crippen molar-refractivity contribution in [3.8, 4) is 0 Å². The molecule has 0 rings (SSSR count). The molecule has 92 valence electrons. The van der Waals surface area contributed by atoms with Gasteiger partial charge in [0.15, 0.2) is 0 Å². The zero-order valence-corrected chi connectivity index (χ0v) is 10.8. The lowest BCUT2D eigenvalue weighted by molar-refractivity contribution is 0.0771. The molecule has 0 aliphatic heterocycles. The predicted molar refractivity (Wildman–Crippen MR) is 66.3 cm³/mol. The van der Waals surface area contributed by atoms with Crippen LogP contribution in [0.25, 0.3) is 0 Å². The molecule has 0 aliphatic carbocycles. The van der Waals surface area contributed by atoms with Crippen LogP contribution < -0.4 is 10.6 Å². The number of nitrogens with one attached hydrogen (secondary N) is 2. The quantitative estimate of drug-likeness (QED) is 0.546. The molecule has 0 aliphatic rings. The highest BCUT2D eigenvalue weighted by atomic mass is 16.5. The SMILES string of the molecule is CC(C)NCCCNCCCOC(C)C. The first-order valence-corrected chi connectivity index (χ1v) is 6.18. The highest BCUT2D eigenvalue weighted by molar-refractivity contribution is 4.55. The van der Waals surface area contributed by atoms with Crippen LogP contribution in [0.15, 0.2) is 0 Å². The Morgan fingerprint density at radius 2 is 1.60 bits per heavy atom. The summed E-state index contributed by atoms with van der Waals surface area (Å²) in [6.07, 6.45) is 2.67. The highest BCUT2D eigenvalue weighted by Gasteiger charge is 1.94. The van der Waals surface area contributed by atoms with E-state index in [1.807, 2.05) is 0 Å². The number of ether oxygens (including phenoxy) is 1. The topological polar surface area (TPSA) is 33.3 Å². The van der Waals surface area contributed by atoms with Crippen molar-refractivity contribution in [1.29, 1.82) is 0 Å². The van der Waals surface area contributed by atoms with Crippen molar-refractivity contribution >= 4 is 0 Å². The molecule has 15 heavy (non-hydrogen) atoms. The molecule has 0 aromatic heterocycles. The second kappa shape index (κ2) is 10.4. The van der Waals surface area contributed by atoms with Crippen molar-refractivity contribution in [2.45, 2.75) is 52.7 Å². The van der Waals surface area contributed by atoms with Crippen molar-refractivity contribution in [2.75, 3.05) is 26.2 Å². The molecule has 3 heteroatoms. The molecule has 2 N–H and O–H groups in total. The summed E-state index contributed by atoms with van der Waals surface area (Å²) >= 11 is 0. The van der Waals surface area contributed by atoms with Gasteiger partial charge in [-0.15, -0.1) is 0 Å². The van der Waals surface area contributed by atoms with Crippen molar-refractivity contribution in [2.24, 2.45) is 0 Å². The first kappa shape index (κ1) is 14.9. The number of rotatable bonds is 10. The van der Waals surface area contributed by atoms with E-state index in [0.29, 0.717) is 12.1 Å². The van der Waals surface area contributed by atoms with Gasteiger partial charge in [0.2, 0.25) is 0 Å². The molecular formula is C12H28N2O. The van der Waals surface area contributed by atoms with Gasteiger partial charge in [0.05, 0.1) is 6.10 Å². The van der Waals surface area contributed by atoms with Crippen LogP contribution in [0.4, 0.5) is 0 Å². The van der Waals surface area contributed by atoms with E-state index in [4.69, 9.17) is 4.74 Å². The third kappa shape index (κ3) is 13.9. The first-order valence-electron chi connectivity index (χ1n) is 6.18. The highest BCUT2D eigenvalue weighted by Crippen LogP contribution is 1.89. The van der Waals surface area contributed by atoms with Gasteiger partial charge in [-0.05, 0) is 46.3 Å². The molecule has 0 atom stereocenters. The average Bonchev–Trinajstić information content (AvgIpc) is 2.14. The fourth-order valence-corrected chi connectivity index (χ4v) is 1.25. The molecule has 0 aromatic rings. The predicted octanol–water partition coefficient (Wildman–Crippen LogP) is 1.78. The van der Waals surface area contributed by atoms with Gasteiger partial charge >= 0.3 is 0 Å². The van der Waals surface area contributed by atoms with Gasteiger partial charge in [-0.3, -0.25) is 0 Å². The molecule has 0 spiro atoms. The molecule has 0 fully saturated rings. The Hall–Kier alpha value is -0.120. The van der Waals surface area contributed by atoms with Crippen molar-refractivity contribution in [3.63, 3.8) is 0 Å². The summed E-state index contributed by atoms with van der Waals surface area (Å²) in [5, 5.41) is 6.81. The summed E-state index contributed by atoms with van der Waals surface area (Å²) in [6, 6.07) is 0.601. The monoisotopic (exact) mass is 216 g/mol. The second-order valence-corrected chi connectivity index (χ2v) is 4.49. The second-order valence-electron chi connectivity index (χ2n) is 4.49. The van der Waals surface area contributed by atoms with Gasteiger partial charge in [0.25, 0.3) is 0 Å². The summed E-state index contributed by atoms with van der Waals surface area (Å²) in [5.41, 5.74) is 0. The van der Waals surface area contributed by atoms with Crippen LogP contribution in [0.3, 0.4) is 0 Å². The van der Waals surface area contributed by atoms with Gasteiger partial charge < -0.3 is 15.4 Å². The Kier molecular flexibility index (Phi) is 10.3. The maximum absolute atomic E-state index is 5.45. The Balaban J connectivity index is 2.93. The Bertz CT molecular complexity index is 113. The van der Waals surface area contributed by atoms with Crippen LogP contribution in [0.1, 0.15) is 40.5 Å². The summed E-state index contributed by atoms with van der Waals surface area (Å²) in [6.45, 7) is 12.6. The van der Waals surface area contributed by atoms with E-state index >= 15 is 0 Å². The van der Waals surface area contributed by atoms with Gasteiger partial charge in [-0.25, -0.2) is 0 Å².